The summed E-state index contributed by atoms with van der Waals surface area (Å²) in [7, 11) is -0.399. The molecule has 0 aliphatic heterocycles. The molecule has 0 aliphatic carbocycles. The lowest BCUT2D eigenvalue weighted by Crippen LogP contribution is -2.25. The molecule has 0 amide bonds. The summed E-state index contributed by atoms with van der Waals surface area (Å²) in [6, 6.07) is 14.2. The Morgan fingerprint density at radius 3 is 2.24 bits per heavy atom. The second-order valence-corrected chi connectivity index (χ2v) is 6.49. The first-order chi connectivity index (χ1) is 9.91. The monoisotopic (exact) mass is 307 g/mol. The van der Waals surface area contributed by atoms with Crippen molar-refractivity contribution in [2.75, 3.05) is 24.7 Å². The molecule has 0 atom stereocenters. The lowest BCUT2D eigenvalue weighted by atomic mass is 10.2. The molecule has 6 heteroatoms. The third-order valence-electron chi connectivity index (χ3n) is 2.97. The Morgan fingerprint density at radius 2 is 1.67 bits per heavy atom. The summed E-state index contributed by atoms with van der Waals surface area (Å²) < 4.78 is 35.6. The second-order valence-electron chi connectivity index (χ2n) is 4.48. The molecule has 2 rings (SSSR count). The van der Waals surface area contributed by atoms with Gasteiger partial charge in [-0.05, 0) is 24.3 Å². The number of nitrogens with zero attached hydrogens (tertiary/aromatic N) is 1. The molecule has 0 saturated carbocycles. The van der Waals surface area contributed by atoms with Crippen LogP contribution in [0.3, 0.4) is 0 Å². The maximum absolute atomic E-state index is 11.8. The van der Waals surface area contributed by atoms with Crippen LogP contribution in [0.25, 0.3) is 0 Å². The molecule has 0 fully saturated rings. The van der Waals surface area contributed by atoms with E-state index in [1.165, 1.54) is 14.2 Å². The lowest BCUT2D eigenvalue weighted by Gasteiger charge is -2.21. The first-order valence-electron chi connectivity index (χ1n) is 6.26. The SMILES string of the molecule is COc1ccc(Oc2ccccc2)c(N(C)S(C)(=O)=O)c1. The normalized spacial score (nSPS) is 11.0. The first-order valence-corrected chi connectivity index (χ1v) is 8.11. The van der Waals surface area contributed by atoms with Crippen LogP contribution in [0.2, 0.25) is 0 Å². The van der Waals surface area contributed by atoms with Crippen LogP contribution in [0.1, 0.15) is 0 Å². The van der Waals surface area contributed by atoms with Crippen molar-refractivity contribution >= 4 is 15.7 Å². The zero-order chi connectivity index (χ0) is 15.5. The zero-order valence-electron chi connectivity index (χ0n) is 12.1. The Bertz CT molecular complexity index is 714. The van der Waals surface area contributed by atoms with Gasteiger partial charge in [-0.1, -0.05) is 18.2 Å². The molecule has 0 unspecified atom stereocenters. The molecule has 5 nitrogen and oxygen atoms in total. The van der Waals surface area contributed by atoms with Gasteiger partial charge < -0.3 is 9.47 Å². The summed E-state index contributed by atoms with van der Waals surface area (Å²) in [5, 5.41) is 0. The number of methoxy groups -OCH3 is 1. The van der Waals surface area contributed by atoms with E-state index in [1.54, 1.807) is 30.3 Å². The van der Waals surface area contributed by atoms with Crippen molar-refractivity contribution < 1.29 is 17.9 Å². The summed E-state index contributed by atoms with van der Waals surface area (Å²) in [5.74, 6) is 1.63. The standard InChI is InChI=1S/C15H17NO4S/c1-16(21(3,17)18)14-11-13(19-2)9-10-15(14)20-12-7-5-4-6-8-12/h4-11H,1-3H3. The van der Waals surface area contributed by atoms with Gasteiger partial charge in [-0.25, -0.2) is 8.42 Å². The molecule has 2 aromatic carbocycles. The van der Waals surface area contributed by atoms with Crippen LogP contribution in [0.15, 0.2) is 48.5 Å². The van der Waals surface area contributed by atoms with Gasteiger partial charge in [0.05, 0.1) is 19.1 Å². The molecule has 0 spiro atoms. The molecule has 0 N–H and O–H groups in total. The van der Waals surface area contributed by atoms with E-state index in [-0.39, 0.29) is 0 Å². The molecule has 0 saturated heterocycles. The fourth-order valence-corrected chi connectivity index (χ4v) is 2.25. The van der Waals surface area contributed by atoms with Crippen LogP contribution in [0.5, 0.6) is 17.2 Å². The number of rotatable bonds is 5. The van der Waals surface area contributed by atoms with E-state index >= 15 is 0 Å². The van der Waals surface area contributed by atoms with Crippen molar-refractivity contribution in [3.63, 3.8) is 0 Å². The molecule has 0 radical (unpaired) electrons. The van der Waals surface area contributed by atoms with Crippen LogP contribution >= 0.6 is 0 Å². The first kappa shape index (κ1) is 15.2. The number of hydrogen-bond acceptors (Lipinski definition) is 4. The molecule has 0 bridgehead atoms. The minimum Gasteiger partial charge on any atom is -0.497 e. The summed E-state index contributed by atoms with van der Waals surface area (Å²) in [6.45, 7) is 0. The highest BCUT2D eigenvalue weighted by Gasteiger charge is 2.18. The smallest absolute Gasteiger partial charge is 0.232 e. The Hall–Kier alpha value is -2.21. The minimum atomic E-state index is -3.40. The van der Waals surface area contributed by atoms with E-state index in [1.807, 2.05) is 18.2 Å². The van der Waals surface area contributed by atoms with Crippen molar-refractivity contribution in [2.45, 2.75) is 0 Å². The molecule has 0 heterocycles. The summed E-state index contributed by atoms with van der Waals surface area (Å²) in [5.41, 5.74) is 0.417. The molecule has 112 valence electrons. The molecular weight excluding hydrogens is 290 g/mol. The van der Waals surface area contributed by atoms with E-state index in [2.05, 4.69) is 0 Å². The molecule has 2 aromatic rings. The van der Waals surface area contributed by atoms with E-state index in [0.717, 1.165) is 10.6 Å². The van der Waals surface area contributed by atoms with Crippen molar-refractivity contribution in [1.82, 2.24) is 0 Å². The number of hydrogen-bond donors (Lipinski definition) is 0. The summed E-state index contributed by atoms with van der Waals surface area (Å²) in [4.78, 5) is 0. The molecule has 21 heavy (non-hydrogen) atoms. The van der Waals surface area contributed by atoms with Gasteiger partial charge >= 0.3 is 0 Å². The highest BCUT2D eigenvalue weighted by molar-refractivity contribution is 7.92. The minimum absolute atomic E-state index is 0.417. The highest BCUT2D eigenvalue weighted by Crippen LogP contribution is 2.35. The summed E-state index contributed by atoms with van der Waals surface area (Å²) >= 11 is 0. The zero-order valence-corrected chi connectivity index (χ0v) is 12.9. The van der Waals surface area contributed by atoms with Gasteiger partial charge in [-0.2, -0.15) is 0 Å². The summed E-state index contributed by atoms with van der Waals surface area (Å²) in [6.07, 6.45) is 1.14. The van der Waals surface area contributed by atoms with Gasteiger partial charge in [0.1, 0.15) is 11.5 Å². The Labute approximate surface area is 124 Å². The maximum Gasteiger partial charge on any atom is 0.232 e. The molecular formula is C15H17NO4S. The quantitative estimate of drug-likeness (QED) is 0.852. The Kier molecular flexibility index (Phi) is 4.37. The lowest BCUT2D eigenvalue weighted by molar-refractivity contribution is 0.413. The van der Waals surface area contributed by atoms with Gasteiger partial charge in [0.2, 0.25) is 10.0 Å². The van der Waals surface area contributed by atoms with Gasteiger partial charge in [0, 0.05) is 13.1 Å². The average Bonchev–Trinajstić information content (AvgIpc) is 2.47. The van der Waals surface area contributed by atoms with E-state index in [9.17, 15) is 8.42 Å². The third-order valence-corrected chi connectivity index (χ3v) is 4.17. The predicted molar refractivity (Wildman–Crippen MR) is 82.8 cm³/mol. The van der Waals surface area contributed by atoms with Crippen LogP contribution < -0.4 is 13.8 Å². The van der Waals surface area contributed by atoms with Crippen LogP contribution in [-0.2, 0) is 10.0 Å². The number of ether oxygens (including phenoxy) is 2. The number of anilines is 1. The van der Waals surface area contributed by atoms with Gasteiger partial charge in [-0.3, -0.25) is 4.31 Å². The number of para-hydroxylation sites is 1. The van der Waals surface area contributed by atoms with Gasteiger partial charge in [-0.15, -0.1) is 0 Å². The molecule has 0 aliphatic rings. The predicted octanol–water partition coefficient (Wildman–Crippen LogP) is 2.88. The van der Waals surface area contributed by atoms with Crippen molar-refractivity contribution in [2.24, 2.45) is 0 Å². The van der Waals surface area contributed by atoms with Crippen molar-refractivity contribution in [1.29, 1.82) is 0 Å². The largest absolute Gasteiger partial charge is 0.497 e. The van der Waals surface area contributed by atoms with Crippen LogP contribution in [-0.4, -0.2) is 28.8 Å². The number of sulfonamides is 1. The van der Waals surface area contributed by atoms with E-state index < -0.39 is 10.0 Å². The maximum atomic E-state index is 11.8. The second kappa shape index (κ2) is 6.05. The Balaban J connectivity index is 2.45. The fourth-order valence-electron chi connectivity index (χ4n) is 1.75. The van der Waals surface area contributed by atoms with Crippen molar-refractivity contribution in [3.8, 4) is 17.2 Å². The van der Waals surface area contributed by atoms with E-state index in [4.69, 9.17) is 9.47 Å². The average molecular weight is 307 g/mol. The highest BCUT2D eigenvalue weighted by atomic mass is 32.2. The van der Waals surface area contributed by atoms with Crippen LogP contribution in [0, 0.1) is 0 Å². The fraction of sp³-hybridized carbons (Fsp3) is 0.200. The van der Waals surface area contributed by atoms with Gasteiger partial charge in [0.25, 0.3) is 0 Å². The van der Waals surface area contributed by atoms with Crippen LogP contribution in [0.4, 0.5) is 5.69 Å². The third kappa shape index (κ3) is 3.66. The topological polar surface area (TPSA) is 55.8 Å². The molecule has 0 aromatic heterocycles. The number of benzene rings is 2. The van der Waals surface area contributed by atoms with Gasteiger partial charge in [0.15, 0.2) is 5.75 Å². The van der Waals surface area contributed by atoms with Crippen molar-refractivity contribution in [3.05, 3.63) is 48.5 Å². The Morgan fingerprint density at radius 1 is 1.00 bits per heavy atom. The van der Waals surface area contributed by atoms with E-state index in [0.29, 0.717) is 22.9 Å².